The fraction of sp³-hybridized carbons (Fsp3) is 0.130. The first-order valence-corrected chi connectivity index (χ1v) is 9.85. The van der Waals surface area contributed by atoms with E-state index in [1.807, 2.05) is 0 Å². The molecule has 0 radical (unpaired) electrons. The zero-order chi connectivity index (χ0) is 22.1. The van der Waals surface area contributed by atoms with E-state index < -0.39 is 17.0 Å². The minimum atomic E-state index is -0.488. The molecule has 3 aromatic rings. The second-order valence-corrected chi connectivity index (χ2v) is 7.67. The summed E-state index contributed by atoms with van der Waals surface area (Å²) >= 11 is 5.93. The molecule has 1 heterocycles. The number of esters is 1. The number of hydrogen-bond acceptors (Lipinski definition) is 5. The average Bonchev–Trinajstić information content (AvgIpc) is 2.75. The summed E-state index contributed by atoms with van der Waals surface area (Å²) in [4.78, 5) is 35.6. The van der Waals surface area contributed by atoms with E-state index in [2.05, 4.69) is 5.32 Å². The van der Waals surface area contributed by atoms with Crippen LogP contribution < -0.4 is 5.32 Å². The number of halogens is 1. The molecule has 0 aromatic heterocycles. The summed E-state index contributed by atoms with van der Waals surface area (Å²) in [5, 5.41) is 14.2. The zero-order valence-electron chi connectivity index (χ0n) is 16.4. The Morgan fingerprint density at radius 2 is 1.87 bits per heavy atom. The number of carbonyl (C=O) groups is 2. The Morgan fingerprint density at radius 3 is 2.55 bits per heavy atom. The van der Waals surface area contributed by atoms with Crippen LogP contribution >= 0.6 is 11.6 Å². The molecular weight excluding hydrogens is 420 g/mol. The van der Waals surface area contributed by atoms with Gasteiger partial charge >= 0.3 is 5.97 Å². The van der Waals surface area contributed by atoms with Gasteiger partial charge in [0.05, 0.1) is 10.5 Å². The van der Waals surface area contributed by atoms with Gasteiger partial charge in [0.15, 0.2) is 0 Å². The molecular formula is C23H17ClN2O5. The summed E-state index contributed by atoms with van der Waals surface area (Å²) in [7, 11) is 0. The lowest BCUT2D eigenvalue weighted by Gasteiger charge is -2.25. The zero-order valence-corrected chi connectivity index (χ0v) is 17.2. The van der Waals surface area contributed by atoms with Crippen LogP contribution in [0.15, 0.2) is 60.7 Å². The third kappa shape index (κ3) is 4.27. The Kier molecular flexibility index (Phi) is 5.44. The minimum absolute atomic E-state index is 0.0453. The second-order valence-electron chi connectivity index (χ2n) is 7.23. The van der Waals surface area contributed by atoms with Gasteiger partial charge in [-0.3, -0.25) is 14.9 Å². The van der Waals surface area contributed by atoms with Crippen molar-refractivity contribution in [1.29, 1.82) is 0 Å². The maximum Gasteiger partial charge on any atom is 0.339 e. The lowest BCUT2D eigenvalue weighted by Crippen LogP contribution is -2.23. The number of rotatable bonds is 4. The number of aryl methyl sites for hydroxylation is 1. The molecule has 0 fully saturated rings. The maximum absolute atomic E-state index is 12.8. The Bertz CT molecular complexity index is 1210. The number of nitrogens with one attached hydrogen (secondary N) is 1. The number of nitro groups is 1. The topological polar surface area (TPSA) is 98.5 Å². The molecule has 4 rings (SSSR count). The molecule has 1 aliphatic rings. The van der Waals surface area contributed by atoms with Gasteiger partial charge in [-0.15, -0.1) is 0 Å². The van der Waals surface area contributed by atoms with Gasteiger partial charge in [0.25, 0.3) is 11.6 Å². The van der Waals surface area contributed by atoms with Crippen LogP contribution in [-0.2, 0) is 11.2 Å². The smallest absolute Gasteiger partial charge is 0.339 e. The predicted octanol–water partition coefficient (Wildman–Crippen LogP) is 5.26. The summed E-state index contributed by atoms with van der Waals surface area (Å²) in [5.74, 6) is -0.818. The van der Waals surface area contributed by atoms with Crippen molar-refractivity contribution in [3.05, 3.63) is 104 Å². The fourth-order valence-corrected chi connectivity index (χ4v) is 3.62. The number of fused-ring (bicyclic) bond motifs is 1. The number of cyclic esters (lactones) is 1. The van der Waals surface area contributed by atoms with E-state index in [-0.39, 0.29) is 11.6 Å². The van der Waals surface area contributed by atoms with Gasteiger partial charge in [0.2, 0.25) is 0 Å². The number of anilines is 1. The Morgan fingerprint density at radius 1 is 1.13 bits per heavy atom. The number of hydrogen-bond donors (Lipinski definition) is 1. The van der Waals surface area contributed by atoms with Gasteiger partial charge in [0.1, 0.15) is 6.10 Å². The van der Waals surface area contributed by atoms with Crippen LogP contribution in [0.5, 0.6) is 0 Å². The number of non-ortho nitro benzene ring substituents is 1. The van der Waals surface area contributed by atoms with Crippen molar-refractivity contribution < 1.29 is 19.2 Å². The van der Waals surface area contributed by atoms with Crippen LogP contribution in [0, 0.1) is 17.0 Å². The van der Waals surface area contributed by atoms with Gasteiger partial charge in [-0.1, -0.05) is 23.7 Å². The number of amides is 1. The SMILES string of the molecule is Cc1cc([N+](=O)[O-])ccc1NC(=O)c1ccc2c(c1)C[C@@H](c1ccc(Cl)cc1)OC2=O. The summed E-state index contributed by atoms with van der Waals surface area (Å²) in [6, 6.07) is 16.1. The van der Waals surface area contributed by atoms with Crippen LogP contribution in [0.1, 0.15) is 43.5 Å². The standard InChI is InChI=1S/C23H17ClN2O5/c1-13-10-18(26(29)30)7-9-20(13)25-22(27)15-4-8-19-16(11-15)12-21(31-23(19)28)14-2-5-17(24)6-3-14/h2-11,21H,12H2,1H3,(H,25,27)/t21-/m0/s1. The highest BCUT2D eigenvalue weighted by Gasteiger charge is 2.28. The average molecular weight is 437 g/mol. The fourth-order valence-electron chi connectivity index (χ4n) is 3.50. The molecule has 1 atom stereocenters. The van der Waals surface area contributed by atoms with E-state index >= 15 is 0 Å². The Labute approximate surface area is 182 Å². The predicted molar refractivity (Wildman–Crippen MR) is 116 cm³/mol. The van der Waals surface area contributed by atoms with Crippen molar-refractivity contribution in [3.8, 4) is 0 Å². The second kappa shape index (κ2) is 8.20. The molecule has 1 N–H and O–H groups in total. The van der Waals surface area contributed by atoms with Crippen molar-refractivity contribution in [2.75, 3.05) is 5.32 Å². The van der Waals surface area contributed by atoms with Crippen molar-refractivity contribution >= 4 is 34.9 Å². The van der Waals surface area contributed by atoms with E-state index in [0.29, 0.717) is 39.4 Å². The number of nitro benzene ring substituents is 1. The van der Waals surface area contributed by atoms with Crippen LogP contribution in [0.2, 0.25) is 5.02 Å². The van der Waals surface area contributed by atoms with Gasteiger partial charge in [-0.25, -0.2) is 4.79 Å². The molecule has 1 aliphatic heterocycles. The van der Waals surface area contributed by atoms with E-state index in [4.69, 9.17) is 16.3 Å². The molecule has 0 bridgehead atoms. The molecule has 0 saturated carbocycles. The monoisotopic (exact) mass is 436 g/mol. The number of benzene rings is 3. The molecule has 1 amide bonds. The Balaban J connectivity index is 1.57. The highest BCUT2D eigenvalue weighted by atomic mass is 35.5. The summed E-state index contributed by atoms with van der Waals surface area (Å²) in [5.41, 5.74) is 3.34. The van der Waals surface area contributed by atoms with Gasteiger partial charge < -0.3 is 10.1 Å². The van der Waals surface area contributed by atoms with Crippen molar-refractivity contribution in [3.63, 3.8) is 0 Å². The lowest BCUT2D eigenvalue weighted by atomic mass is 9.93. The Hall–Kier alpha value is -3.71. The van der Waals surface area contributed by atoms with Crippen molar-refractivity contribution in [2.24, 2.45) is 0 Å². The van der Waals surface area contributed by atoms with Crippen LogP contribution in [0.3, 0.4) is 0 Å². The maximum atomic E-state index is 12.8. The van der Waals surface area contributed by atoms with E-state index in [1.54, 1.807) is 49.4 Å². The molecule has 0 saturated heterocycles. The van der Waals surface area contributed by atoms with Crippen LogP contribution in [0.25, 0.3) is 0 Å². The molecule has 0 aliphatic carbocycles. The molecule has 31 heavy (non-hydrogen) atoms. The van der Waals surface area contributed by atoms with Gasteiger partial charge in [-0.2, -0.15) is 0 Å². The van der Waals surface area contributed by atoms with Crippen LogP contribution in [-0.4, -0.2) is 16.8 Å². The van der Waals surface area contributed by atoms with Crippen LogP contribution in [0.4, 0.5) is 11.4 Å². The minimum Gasteiger partial charge on any atom is -0.454 e. The normalized spacial score (nSPS) is 15.0. The first kappa shape index (κ1) is 20.6. The van der Waals surface area contributed by atoms with Crippen molar-refractivity contribution in [2.45, 2.75) is 19.4 Å². The summed E-state index contributed by atoms with van der Waals surface area (Å²) in [6.07, 6.45) is -0.0343. The highest BCUT2D eigenvalue weighted by Crippen LogP contribution is 2.32. The third-order valence-electron chi connectivity index (χ3n) is 5.15. The number of carbonyl (C=O) groups excluding carboxylic acids is 2. The molecule has 0 unspecified atom stereocenters. The molecule has 0 spiro atoms. The summed E-state index contributed by atoms with van der Waals surface area (Å²) in [6.45, 7) is 1.68. The van der Waals surface area contributed by atoms with E-state index in [9.17, 15) is 19.7 Å². The highest BCUT2D eigenvalue weighted by molar-refractivity contribution is 6.30. The lowest BCUT2D eigenvalue weighted by molar-refractivity contribution is -0.384. The van der Waals surface area contributed by atoms with E-state index in [1.165, 1.54) is 18.2 Å². The summed E-state index contributed by atoms with van der Waals surface area (Å²) < 4.78 is 5.54. The third-order valence-corrected chi connectivity index (χ3v) is 5.40. The van der Waals surface area contributed by atoms with Gasteiger partial charge in [-0.05, 0) is 60.0 Å². The van der Waals surface area contributed by atoms with Crippen molar-refractivity contribution in [1.82, 2.24) is 0 Å². The largest absolute Gasteiger partial charge is 0.454 e. The quantitative estimate of drug-likeness (QED) is 0.341. The van der Waals surface area contributed by atoms with E-state index in [0.717, 1.165) is 5.56 Å². The molecule has 3 aromatic carbocycles. The number of ether oxygens (including phenoxy) is 1. The molecule has 8 heteroatoms. The number of nitrogens with zero attached hydrogens (tertiary/aromatic N) is 1. The first-order valence-electron chi connectivity index (χ1n) is 9.47. The molecule has 156 valence electrons. The molecule has 7 nitrogen and oxygen atoms in total. The van der Waals surface area contributed by atoms with Gasteiger partial charge in [0, 0.05) is 34.8 Å². The first-order chi connectivity index (χ1) is 14.8.